The third kappa shape index (κ3) is 4.84. The lowest BCUT2D eigenvalue weighted by Gasteiger charge is -2.36. The first-order valence-electron chi connectivity index (χ1n) is 14.0. The van der Waals surface area contributed by atoms with Gasteiger partial charge in [-0.05, 0) is 54.8 Å². The third-order valence-corrected chi connectivity index (χ3v) is 8.42. The molecule has 0 spiro atoms. The van der Waals surface area contributed by atoms with Crippen molar-refractivity contribution in [2.75, 3.05) is 19.0 Å². The largest absolute Gasteiger partial charge is 0.378 e. The number of para-hydroxylation sites is 1. The molecule has 41 heavy (non-hydrogen) atoms. The van der Waals surface area contributed by atoms with E-state index in [0.29, 0.717) is 17.5 Å². The summed E-state index contributed by atoms with van der Waals surface area (Å²) >= 11 is 0. The van der Waals surface area contributed by atoms with Gasteiger partial charge in [0.2, 0.25) is 0 Å². The molecule has 1 aliphatic heterocycles. The smallest absolute Gasteiger partial charge is 0.269 e. The molecule has 2 N–H and O–H groups in total. The minimum absolute atomic E-state index is 0.178. The highest BCUT2D eigenvalue weighted by molar-refractivity contribution is 6.04. The van der Waals surface area contributed by atoms with Gasteiger partial charge in [-0.3, -0.25) is 25.2 Å². The zero-order valence-corrected chi connectivity index (χ0v) is 24.4. The van der Waals surface area contributed by atoms with E-state index in [2.05, 4.69) is 34.5 Å². The molecule has 0 saturated heterocycles. The summed E-state index contributed by atoms with van der Waals surface area (Å²) in [6, 6.07) is 21.6. The molecule has 0 aliphatic carbocycles. The van der Waals surface area contributed by atoms with Crippen molar-refractivity contribution < 1.29 is 14.4 Å². The number of aryl methyl sites for hydroxylation is 1. The number of fused-ring (bicyclic) bond motifs is 2. The SMILES string of the molecule is CCC(C)C(C(=O)NNC(=O)c1ccc(N(C)C)cc1)N1C(=O)c2ccccc2C1c1c(C)n(C)c2ccccc12. The molecule has 3 unspecified atom stereocenters. The van der Waals surface area contributed by atoms with Crippen LogP contribution in [0.25, 0.3) is 10.9 Å². The molecule has 3 aromatic carbocycles. The molecule has 8 nitrogen and oxygen atoms in total. The zero-order chi connectivity index (χ0) is 29.4. The first-order chi connectivity index (χ1) is 19.6. The van der Waals surface area contributed by atoms with E-state index in [1.54, 1.807) is 17.0 Å². The van der Waals surface area contributed by atoms with E-state index in [-0.39, 0.29) is 11.8 Å². The average Bonchev–Trinajstić information content (AvgIpc) is 3.41. The van der Waals surface area contributed by atoms with Crippen molar-refractivity contribution in [3.05, 3.63) is 101 Å². The molecule has 0 bridgehead atoms. The number of nitrogens with one attached hydrogen (secondary N) is 2. The van der Waals surface area contributed by atoms with Crippen LogP contribution in [0, 0.1) is 12.8 Å². The fourth-order valence-corrected chi connectivity index (χ4v) is 5.87. The van der Waals surface area contributed by atoms with Crippen molar-refractivity contribution in [2.24, 2.45) is 13.0 Å². The van der Waals surface area contributed by atoms with Crippen molar-refractivity contribution in [2.45, 2.75) is 39.3 Å². The third-order valence-electron chi connectivity index (χ3n) is 8.42. The molecule has 3 amide bonds. The molecule has 0 radical (unpaired) electrons. The van der Waals surface area contributed by atoms with E-state index in [1.165, 1.54) is 0 Å². The highest BCUT2D eigenvalue weighted by Gasteiger charge is 2.47. The summed E-state index contributed by atoms with van der Waals surface area (Å²) in [7, 11) is 5.87. The molecule has 1 aromatic heterocycles. The van der Waals surface area contributed by atoms with Crippen LogP contribution in [0.1, 0.15) is 63.8 Å². The van der Waals surface area contributed by atoms with Gasteiger partial charge < -0.3 is 14.4 Å². The number of hydrogen-bond donors (Lipinski definition) is 2. The molecular weight excluding hydrogens is 514 g/mol. The normalized spacial score (nSPS) is 15.9. The van der Waals surface area contributed by atoms with Gasteiger partial charge in [-0.25, -0.2) is 0 Å². The Kier molecular flexibility index (Phi) is 7.58. The van der Waals surface area contributed by atoms with Crippen molar-refractivity contribution in [3.8, 4) is 0 Å². The summed E-state index contributed by atoms with van der Waals surface area (Å²) in [4.78, 5) is 44.6. The molecule has 212 valence electrons. The van der Waals surface area contributed by atoms with Crippen LogP contribution in [0.4, 0.5) is 5.69 Å². The molecule has 2 heterocycles. The van der Waals surface area contributed by atoms with E-state index in [0.717, 1.165) is 33.4 Å². The highest BCUT2D eigenvalue weighted by Crippen LogP contribution is 2.45. The van der Waals surface area contributed by atoms with Gasteiger partial charge in [0.05, 0.1) is 6.04 Å². The van der Waals surface area contributed by atoms with Crippen LogP contribution in [-0.4, -0.2) is 47.3 Å². The minimum atomic E-state index is -0.820. The lowest BCUT2D eigenvalue weighted by Crippen LogP contribution is -2.55. The first kappa shape index (κ1) is 28.0. The minimum Gasteiger partial charge on any atom is -0.378 e. The van der Waals surface area contributed by atoms with Gasteiger partial charge in [0.1, 0.15) is 6.04 Å². The van der Waals surface area contributed by atoms with E-state index >= 15 is 0 Å². The lowest BCUT2D eigenvalue weighted by atomic mass is 9.91. The molecule has 8 heteroatoms. The summed E-state index contributed by atoms with van der Waals surface area (Å²) in [5, 5.41) is 1.05. The van der Waals surface area contributed by atoms with Gasteiger partial charge in [-0.15, -0.1) is 0 Å². The van der Waals surface area contributed by atoms with Gasteiger partial charge >= 0.3 is 0 Å². The van der Waals surface area contributed by atoms with E-state index in [9.17, 15) is 14.4 Å². The number of carbonyl (C=O) groups is 3. The molecule has 4 aromatic rings. The van der Waals surface area contributed by atoms with Gasteiger partial charge in [0.25, 0.3) is 17.7 Å². The molecule has 3 atom stereocenters. The molecular formula is C33H37N5O3. The topological polar surface area (TPSA) is 86.7 Å². The van der Waals surface area contributed by atoms with E-state index < -0.39 is 23.9 Å². The van der Waals surface area contributed by atoms with Gasteiger partial charge in [0.15, 0.2) is 0 Å². The predicted octanol–water partition coefficient (Wildman–Crippen LogP) is 4.97. The Morgan fingerprint density at radius 2 is 1.61 bits per heavy atom. The van der Waals surface area contributed by atoms with Crippen molar-refractivity contribution in [1.82, 2.24) is 20.3 Å². The quantitative estimate of drug-likeness (QED) is 0.318. The fourth-order valence-electron chi connectivity index (χ4n) is 5.87. The molecule has 5 rings (SSSR count). The Morgan fingerprint density at radius 1 is 0.951 bits per heavy atom. The molecule has 1 aliphatic rings. The standard InChI is InChI=1S/C33H37N5O3/c1-7-20(2)29(32(40)35-34-31(39)22-16-18-23(19-17-22)36(4)5)38-30(24-12-8-9-13-25(24)33(38)41)28-21(3)37(6)27-15-11-10-14-26(27)28/h8-20,29-30H,7H2,1-6H3,(H,34,39)(H,35,40). The number of rotatable bonds is 7. The number of benzene rings is 3. The number of nitrogens with zero attached hydrogens (tertiary/aromatic N) is 3. The second-order valence-electron chi connectivity index (χ2n) is 11.0. The Bertz CT molecular complexity index is 1620. The monoisotopic (exact) mass is 551 g/mol. The molecule has 0 fully saturated rings. The van der Waals surface area contributed by atoms with Gasteiger partial charge in [0, 0.05) is 60.1 Å². The number of anilines is 1. The Labute approximate surface area is 240 Å². The summed E-state index contributed by atoms with van der Waals surface area (Å²) in [6.07, 6.45) is 0.666. The number of carbonyl (C=O) groups excluding carboxylic acids is 3. The highest BCUT2D eigenvalue weighted by atomic mass is 16.2. The maximum atomic E-state index is 14.1. The lowest BCUT2D eigenvalue weighted by molar-refractivity contribution is -0.128. The maximum absolute atomic E-state index is 14.1. The maximum Gasteiger partial charge on any atom is 0.269 e. The second-order valence-corrected chi connectivity index (χ2v) is 11.0. The fraction of sp³-hybridized carbons (Fsp3) is 0.303. The van der Waals surface area contributed by atoms with E-state index in [1.807, 2.05) is 88.4 Å². The van der Waals surface area contributed by atoms with Crippen LogP contribution in [0.2, 0.25) is 0 Å². The predicted molar refractivity (Wildman–Crippen MR) is 162 cm³/mol. The van der Waals surface area contributed by atoms with Crippen LogP contribution in [0.3, 0.4) is 0 Å². The van der Waals surface area contributed by atoms with Crippen molar-refractivity contribution >= 4 is 34.3 Å². The molecule has 0 saturated carbocycles. The van der Waals surface area contributed by atoms with E-state index in [4.69, 9.17) is 0 Å². The number of hydrazine groups is 1. The van der Waals surface area contributed by atoms with Gasteiger partial charge in [-0.2, -0.15) is 0 Å². The second kappa shape index (κ2) is 11.1. The van der Waals surface area contributed by atoms with Crippen LogP contribution in [0.5, 0.6) is 0 Å². The summed E-state index contributed by atoms with van der Waals surface area (Å²) in [5.74, 6) is -1.22. The Balaban J connectivity index is 1.52. The Morgan fingerprint density at radius 3 is 2.29 bits per heavy atom. The number of hydrogen-bond acceptors (Lipinski definition) is 4. The first-order valence-corrected chi connectivity index (χ1v) is 14.0. The van der Waals surface area contributed by atoms with Crippen molar-refractivity contribution in [3.63, 3.8) is 0 Å². The average molecular weight is 552 g/mol. The van der Waals surface area contributed by atoms with Gasteiger partial charge in [-0.1, -0.05) is 56.7 Å². The van der Waals surface area contributed by atoms with Crippen LogP contribution >= 0.6 is 0 Å². The zero-order valence-electron chi connectivity index (χ0n) is 24.4. The summed E-state index contributed by atoms with van der Waals surface area (Å²) in [6.45, 7) is 6.02. The van der Waals surface area contributed by atoms with Crippen LogP contribution in [0.15, 0.2) is 72.8 Å². The number of aromatic nitrogens is 1. The summed E-state index contributed by atoms with van der Waals surface area (Å²) < 4.78 is 2.13. The summed E-state index contributed by atoms with van der Waals surface area (Å²) in [5.41, 5.74) is 11.2. The van der Waals surface area contributed by atoms with Crippen LogP contribution in [-0.2, 0) is 11.8 Å². The van der Waals surface area contributed by atoms with Crippen LogP contribution < -0.4 is 15.8 Å². The van der Waals surface area contributed by atoms with Crippen molar-refractivity contribution in [1.29, 1.82) is 0 Å². The Hall–Kier alpha value is -4.59. The number of amides is 3.